The average Bonchev–Trinajstić information content (AvgIpc) is 3.40. The standard InChI is InChI=1S/C67H51N/c1-44-60(48-21-9-5-10-22-48)39-57(40-61(44)49-23-11-6-12-24-49)64-43-65(58-41-62(50-25-13-7-14-26-50)45(2)63(42-58)51-27-15-8-16-28-51)47(4)66(46(64)3)55-32-19-30-53(37-55)54-31-20-33-56(38-54)67-59-34-18-17-29-52(59)35-36-68-67/h5-43H,1-4H3. The van der Waals surface area contributed by atoms with Gasteiger partial charge < -0.3 is 0 Å². The molecule has 0 radical (unpaired) electrons. The van der Waals surface area contributed by atoms with Crippen molar-refractivity contribution in [3.05, 3.63) is 259 Å². The van der Waals surface area contributed by atoms with Crippen LogP contribution in [0.2, 0.25) is 0 Å². The molecule has 11 rings (SSSR count). The normalized spacial score (nSPS) is 11.2. The number of nitrogens with zero attached hydrogens (tertiary/aromatic N) is 1. The van der Waals surface area contributed by atoms with E-state index in [1.165, 1.54) is 106 Å². The SMILES string of the molecule is Cc1c(-c2ccccc2)cc(-c2cc(-c3cc(-c4ccccc4)c(C)c(-c4ccccc4)c3)c(C)c(-c3cccc(-c4cccc(-c5nccc6ccccc56)c4)c3)c2C)cc1-c1ccccc1. The minimum absolute atomic E-state index is 0.996. The van der Waals surface area contributed by atoms with Crippen LogP contribution in [0.1, 0.15) is 22.3 Å². The fourth-order valence-electron chi connectivity index (χ4n) is 10.4. The van der Waals surface area contributed by atoms with Crippen molar-refractivity contribution in [2.45, 2.75) is 27.7 Å². The van der Waals surface area contributed by atoms with E-state index in [0.29, 0.717) is 0 Å². The highest BCUT2D eigenvalue weighted by atomic mass is 14.7. The van der Waals surface area contributed by atoms with Gasteiger partial charge >= 0.3 is 0 Å². The highest BCUT2D eigenvalue weighted by Crippen LogP contribution is 2.46. The molecule has 0 atom stereocenters. The first-order chi connectivity index (χ1) is 33.4. The largest absolute Gasteiger partial charge is 0.256 e. The zero-order chi connectivity index (χ0) is 46.1. The van der Waals surface area contributed by atoms with Crippen LogP contribution in [0, 0.1) is 27.7 Å². The minimum atomic E-state index is 0.996. The first-order valence-corrected chi connectivity index (χ1v) is 23.6. The van der Waals surface area contributed by atoms with E-state index in [2.05, 4.69) is 258 Å². The zero-order valence-electron chi connectivity index (χ0n) is 39.0. The summed E-state index contributed by atoms with van der Waals surface area (Å²) in [7, 11) is 0. The monoisotopic (exact) mass is 869 g/mol. The number of aromatic nitrogens is 1. The molecule has 1 aromatic heterocycles. The summed E-state index contributed by atoms with van der Waals surface area (Å²) in [6, 6.07) is 84.2. The Balaban J connectivity index is 1.17. The van der Waals surface area contributed by atoms with Gasteiger partial charge in [-0.25, -0.2) is 0 Å². The lowest BCUT2D eigenvalue weighted by atomic mass is 9.81. The molecule has 0 unspecified atom stereocenters. The van der Waals surface area contributed by atoms with Crippen LogP contribution in [0.15, 0.2) is 237 Å². The van der Waals surface area contributed by atoms with Gasteiger partial charge in [0.25, 0.3) is 0 Å². The van der Waals surface area contributed by atoms with E-state index in [-0.39, 0.29) is 0 Å². The first-order valence-electron chi connectivity index (χ1n) is 23.6. The summed E-state index contributed by atoms with van der Waals surface area (Å²) in [5.41, 5.74) is 26.5. The molecule has 0 aliphatic rings. The zero-order valence-corrected chi connectivity index (χ0v) is 39.0. The number of pyridine rings is 1. The molecule has 1 heteroatoms. The van der Waals surface area contributed by atoms with E-state index in [1.807, 2.05) is 6.20 Å². The van der Waals surface area contributed by atoms with Gasteiger partial charge in [0.1, 0.15) is 0 Å². The van der Waals surface area contributed by atoms with E-state index >= 15 is 0 Å². The van der Waals surface area contributed by atoms with Gasteiger partial charge in [0.15, 0.2) is 0 Å². The first kappa shape index (κ1) is 42.3. The van der Waals surface area contributed by atoms with Crippen LogP contribution < -0.4 is 0 Å². The second-order valence-corrected chi connectivity index (χ2v) is 18.0. The van der Waals surface area contributed by atoms with E-state index in [1.54, 1.807) is 0 Å². The maximum absolute atomic E-state index is 4.89. The molecule has 0 bridgehead atoms. The number of fused-ring (bicyclic) bond motifs is 1. The summed E-state index contributed by atoms with van der Waals surface area (Å²) >= 11 is 0. The Morgan fingerprint density at radius 2 is 0.603 bits per heavy atom. The lowest BCUT2D eigenvalue weighted by Crippen LogP contribution is -1.99. The maximum Gasteiger partial charge on any atom is 0.0780 e. The van der Waals surface area contributed by atoms with Crippen LogP contribution in [0.25, 0.3) is 111 Å². The molecule has 0 saturated carbocycles. The molecule has 0 aliphatic carbocycles. The Morgan fingerprint density at radius 1 is 0.250 bits per heavy atom. The Labute approximate surface area is 400 Å². The Hall–Kier alpha value is -8.39. The van der Waals surface area contributed by atoms with Gasteiger partial charge in [-0.1, -0.05) is 182 Å². The molecule has 1 nitrogen and oxygen atoms in total. The van der Waals surface area contributed by atoms with Crippen molar-refractivity contribution < 1.29 is 0 Å². The summed E-state index contributed by atoms with van der Waals surface area (Å²) in [6.45, 7) is 9.19. The molecule has 68 heavy (non-hydrogen) atoms. The molecular formula is C67H51N. The molecule has 0 amide bonds. The topological polar surface area (TPSA) is 12.9 Å². The maximum atomic E-state index is 4.89. The Morgan fingerprint density at radius 3 is 1.06 bits per heavy atom. The highest BCUT2D eigenvalue weighted by molar-refractivity contribution is 5.97. The third-order valence-corrected chi connectivity index (χ3v) is 13.9. The predicted molar refractivity (Wildman–Crippen MR) is 290 cm³/mol. The summed E-state index contributed by atoms with van der Waals surface area (Å²) < 4.78 is 0. The second kappa shape index (κ2) is 18.1. The molecular weight excluding hydrogens is 819 g/mol. The van der Waals surface area contributed by atoms with Crippen LogP contribution >= 0.6 is 0 Å². The van der Waals surface area contributed by atoms with Gasteiger partial charge in [-0.2, -0.15) is 0 Å². The lowest BCUT2D eigenvalue weighted by molar-refractivity contribution is 1.35. The van der Waals surface area contributed by atoms with Crippen molar-refractivity contribution >= 4 is 10.8 Å². The van der Waals surface area contributed by atoms with Gasteiger partial charge in [0.05, 0.1) is 5.69 Å². The Bertz CT molecular complexity index is 3340. The van der Waals surface area contributed by atoms with Gasteiger partial charge in [-0.05, 0) is 193 Å². The van der Waals surface area contributed by atoms with Gasteiger partial charge in [0.2, 0.25) is 0 Å². The van der Waals surface area contributed by atoms with Crippen molar-refractivity contribution in [2.24, 2.45) is 0 Å². The van der Waals surface area contributed by atoms with Crippen LogP contribution in [0.5, 0.6) is 0 Å². The van der Waals surface area contributed by atoms with E-state index in [0.717, 1.165) is 27.8 Å². The fourth-order valence-corrected chi connectivity index (χ4v) is 10.4. The van der Waals surface area contributed by atoms with Crippen LogP contribution in [0.4, 0.5) is 0 Å². The van der Waals surface area contributed by atoms with E-state index in [4.69, 9.17) is 4.98 Å². The summed E-state index contributed by atoms with van der Waals surface area (Å²) in [5.74, 6) is 0. The van der Waals surface area contributed by atoms with Crippen molar-refractivity contribution in [3.8, 4) is 100 Å². The molecule has 0 spiro atoms. The summed E-state index contributed by atoms with van der Waals surface area (Å²) in [4.78, 5) is 4.89. The highest BCUT2D eigenvalue weighted by Gasteiger charge is 2.22. The number of hydrogen-bond acceptors (Lipinski definition) is 1. The van der Waals surface area contributed by atoms with Gasteiger partial charge in [-0.3, -0.25) is 4.98 Å². The van der Waals surface area contributed by atoms with Crippen LogP contribution in [-0.4, -0.2) is 4.98 Å². The van der Waals surface area contributed by atoms with Crippen LogP contribution in [0.3, 0.4) is 0 Å². The predicted octanol–water partition coefficient (Wildman–Crippen LogP) is 18.5. The molecule has 11 aromatic rings. The smallest absolute Gasteiger partial charge is 0.0780 e. The number of rotatable bonds is 9. The molecule has 0 aliphatic heterocycles. The van der Waals surface area contributed by atoms with Crippen molar-refractivity contribution in [2.75, 3.05) is 0 Å². The van der Waals surface area contributed by atoms with Crippen molar-refractivity contribution in [1.82, 2.24) is 4.98 Å². The van der Waals surface area contributed by atoms with Crippen molar-refractivity contribution in [1.29, 1.82) is 0 Å². The van der Waals surface area contributed by atoms with Crippen molar-refractivity contribution in [3.63, 3.8) is 0 Å². The third-order valence-electron chi connectivity index (χ3n) is 13.9. The number of hydrogen-bond donors (Lipinski definition) is 0. The molecule has 1 heterocycles. The lowest BCUT2D eigenvalue weighted by Gasteiger charge is -2.23. The van der Waals surface area contributed by atoms with E-state index < -0.39 is 0 Å². The molecule has 0 saturated heterocycles. The molecule has 10 aromatic carbocycles. The van der Waals surface area contributed by atoms with E-state index in [9.17, 15) is 0 Å². The second-order valence-electron chi connectivity index (χ2n) is 18.0. The number of benzene rings is 10. The molecule has 324 valence electrons. The third kappa shape index (κ3) is 7.93. The summed E-state index contributed by atoms with van der Waals surface area (Å²) in [5, 5.41) is 2.34. The quantitative estimate of drug-likeness (QED) is 0.141. The van der Waals surface area contributed by atoms with Crippen LogP contribution in [-0.2, 0) is 0 Å². The molecule has 0 N–H and O–H groups in total. The Kier molecular flexibility index (Phi) is 11.3. The average molecular weight is 870 g/mol. The molecule has 0 fully saturated rings. The van der Waals surface area contributed by atoms with Gasteiger partial charge in [-0.15, -0.1) is 0 Å². The minimum Gasteiger partial charge on any atom is -0.256 e. The summed E-state index contributed by atoms with van der Waals surface area (Å²) in [6.07, 6.45) is 1.92. The van der Waals surface area contributed by atoms with Gasteiger partial charge in [0, 0.05) is 17.1 Å². The fraction of sp³-hybridized carbons (Fsp3) is 0.0597.